The number of benzene rings is 3. The molecule has 5 rings (SSSR count). The summed E-state index contributed by atoms with van der Waals surface area (Å²) in [6, 6.07) is 19.1. The number of methoxy groups -OCH3 is 1. The molecule has 0 saturated carbocycles. The first-order chi connectivity index (χ1) is 16.9. The van der Waals surface area contributed by atoms with Crippen LogP contribution in [-0.2, 0) is 9.59 Å². The Morgan fingerprint density at radius 2 is 1.83 bits per heavy atom. The molecule has 7 nitrogen and oxygen atoms in total. The number of ether oxygens (including phenoxy) is 2. The minimum absolute atomic E-state index is 0.0332. The quantitative estimate of drug-likeness (QED) is 0.345. The number of amides is 1. The number of aryl methyl sites for hydroxylation is 1. The molecule has 2 heterocycles. The van der Waals surface area contributed by atoms with Gasteiger partial charge in [-0.3, -0.25) is 14.5 Å². The molecule has 7 heteroatoms. The van der Waals surface area contributed by atoms with E-state index in [0.717, 1.165) is 16.8 Å². The number of carbonyl (C=O) groups is 2. The third-order valence-corrected chi connectivity index (χ3v) is 6.47. The highest BCUT2D eigenvalue weighted by molar-refractivity contribution is 6.52. The topological polar surface area (TPSA) is 79.3 Å². The second-order valence-corrected chi connectivity index (χ2v) is 8.71. The van der Waals surface area contributed by atoms with E-state index in [2.05, 4.69) is 0 Å². The van der Waals surface area contributed by atoms with Gasteiger partial charge in [0.1, 0.15) is 23.9 Å². The van der Waals surface area contributed by atoms with Crippen molar-refractivity contribution in [2.75, 3.05) is 37.1 Å². The van der Waals surface area contributed by atoms with E-state index in [1.165, 1.54) is 12.0 Å². The third kappa shape index (κ3) is 3.79. The van der Waals surface area contributed by atoms with Crippen molar-refractivity contribution in [3.05, 3.63) is 89.0 Å². The molecule has 0 aliphatic carbocycles. The molecule has 3 aromatic rings. The van der Waals surface area contributed by atoms with E-state index in [1.54, 1.807) is 42.5 Å². The number of carbonyl (C=O) groups excluding carboxylic acids is 2. The maximum Gasteiger partial charge on any atom is 0.300 e. The Kier molecular flexibility index (Phi) is 5.68. The molecule has 2 aliphatic rings. The van der Waals surface area contributed by atoms with Crippen LogP contribution in [0.1, 0.15) is 22.7 Å². The predicted octanol–water partition coefficient (Wildman–Crippen LogP) is 4.46. The zero-order chi connectivity index (χ0) is 24.7. The predicted molar refractivity (Wildman–Crippen MR) is 134 cm³/mol. The van der Waals surface area contributed by atoms with Gasteiger partial charge in [-0.25, -0.2) is 0 Å². The van der Waals surface area contributed by atoms with Crippen molar-refractivity contribution >= 4 is 28.8 Å². The minimum Gasteiger partial charge on any atom is -0.507 e. The smallest absolute Gasteiger partial charge is 0.300 e. The molecule has 178 valence electrons. The molecule has 0 radical (unpaired) electrons. The van der Waals surface area contributed by atoms with Gasteiger partial charge in [0.05, 0.1) is 36.6 Å². The van der Waals surface area contributed by atoms with Crippen molar-refractivity contribution in [1.82, 2.24) is 0 Å². The van der Waals surface area contributed by atoms with Gasteiger partial charge < -0.3 is 19.5 Å². The molecule has 3 aromatic carbocycles. The molecular formula is C28H26N2O5. The Morgan fingerprint density at radius 3 is 2.60 bits per heavy atom. The first kappa shape index (κ1) is 22.5. The summed E-state index contributed by atoms with van der Waals surface area (Å²) in [5.41, 5.74) is 3.44. The Labute approximate surface area is 203 Å². The number of rotatable bonds is 4. The number of fused-ring (bicyclic) bond motifs is 1. The van der Waals surface area contributed by atoms with Gasteiger partial charge in [0.2, 0.25) is 0 Å². The van der Waals surface area contributed by atoms with Gasteiger partial charge in [0.15, 0.2) is 0 Å². The highest BCUT2D eigenvalue weighted by Crippen LogP contribution is 2.45. The zero-order valence-corrected chi connectivity index (χ0v) is 19.8. The van der Waals surface area contributed by atoms with Crippen LogP contribution < -0.4 is 19.3 Å². The Balaban J connectivity index is 1.73. The molecular weight excluding hydrogens is 444 g/mol. The Bertz CT molecular complexity index is 1360. The van der Waals surface area contributed by atoms with Gasteiger partial charge in [-0.05, 0) is 42.8 Å². The number of nitrogens with zero attached hydrogens (tertiary/aromatic N) is 2. The third-order valence-electron chi connectivity index (χ3n) is 6.47. The van der Waals surface area contributed by atoms with Crippen molar-refractivity contribution in [2.45, 2.75) is 13.0 Å². The summed E-state index contributed by atoms with van der Waals surface area (Å²) >= 11 is 0. The van der Waals surface area contributed by atoms with Crippen LogP contribution in [0.25, 0.3) is 5.76 Å². The molecule has 1 fully saturated rings. The van der Waals surface area contributed by atoms with E-state index in [0.29, 0.717) is 35.9 Å². The number of hydrogen-bond donors (Lipinski definition) is 1. The molecule has 1 atom stereocenters. The summed E-state index contributed by atoms with van der Waals surface area (Å²) in [6.45, 7) is 3.23. The van der Waals surface area contributed by atoms with Crippen LogP contribution in [0, 0.1) is 6.92 Å². The number of aliphatic hydroxyl groups is 1. The second-order valence-electron chi connectivity index (χ2n) is 8.71. The van der Waals surface area contributed by atoms with E-state index in [4.69, 9.17) is 9.47 Å². The monoisotopic (exact) mass is 470 g/mol. The lowest BCUT2D eigenvalue weighted by Crippen LogP contribution is -2.29. The Hall–Kier alpha value is -4.26. The van der Waals surface area contributed by atoms with Crippen LogP contribution in [0.5, 0.6) is 11.5 Å². The summed E-state index contributed by atoms with van der Waals surface area (Å²) in [4.78, 5) is 30.3. The average Bonchev–Trinajstić information content (AvgIpc) is 3.13. The molecule has 0 aromatic heterocycles. The van der Waals surface area contributed by atoms with Crippen LogP contribution in [0.4, 0.5) is 11.4 Å². The minimum atomic E-state index is -0.823. The van der Waals surface area contributed by atoms with Crippen LogP contribution in [0.15, 0.2) is 72.3 Å². The van der Waals surface area contributed by atoms with Gasteiger partial charge in [-0.15, -0.1) is 0 Å². The second kappa shape index (κ2) is 8.83. The molecule has 0 bridgehead atoms. The van der Waals surface area contributed by atoms with Crippen LogP contribution in [0.2, 0.25) is 0 Å². The first-order valence-corrected chi connectivity index (χ1v) is 11.4. The highest BCUT2D eigenvalue weighted by Gasteiger charge is 2.47. The molecule has 1 N–H and O–H groups in total. The lowest BCUT2D eigenvalue weighted by Gasteiger charge is -2.28. The molecule has 35 heavy (non-hydrogen) atoms. The standard InChI is InChI=1S/C28H26N2O5/c1-17-7-6-8-18(15-17)25-24(26(31)19-11-12-23-21(16-19)29(2)13-14-35-23)27(32)28(33)30(25)20-9-4-5-10-22(20)34-3/h4-12,15-16,25,31H,13-14H2,1-3H3/b26-24-. The van der Waals surface area contributed by atoms with Gasteiger partial charge in [0, 0.05) is 12.6 Å². The van der Waals surface area contributed by atoms with Gasteiger partial charge in [-0.2, -0.15) is 0 Å². The maximum absolute atomic E-state index is 13.4. The summed E-state index contributed by atoms with van der Waals surface area (Å²) in [7, 11) is 3.46. The number of ketones is 1. The van der Waals surface area contributed by atoms with Crippen molar-refractivity contribution < 1.29 is 24.2 Å². The Morgan fingerprint density at radius 1 is 1.03 bits per heavy atom. The molecule has 2 aliphatic heterocycles. The fraction of sp³-hybridized carbons (Fsp3) is 0.214. The number of aliphatic hydroxyl groups excluding tert-OH is 1. The summed E-state index contributed by atoms with van der Waals surface area (Å²) in [5.74, 6) is -0.531. The van der Waals surface area contributed by atoms with Crippen LogP contribution in [0.3, 0.4) is 0 Å². The van der Waals surface area contributed by atoms with E-state index in [9.17, 15) is 14.7 Å². The zero-order valence-electron chi connectivity index (χ0n) is 19.8. The molecule has 0 spiro atoms. The summed E-state index contributed by atoms with van der Waals surface area (Å²) in [6.07, 6.45) is 0. The van der Waals surface area contributed by atoms with Crippen molar-refractivity contribution in [2.24, 2.45) is 0 Å². The normalized spacial score (nSPS) is 18.9. The maximum atomic E-state index is 13.4. The highest BCUT2D eigenvalue weighted by atomic mass is 16.5. The number of likely N-dealkylation sites (N-methyl/N-ethyl adjacent to an activating group) is 1. The number of anilines is 2. The van der Waals surface area contributed by atoms with Crippen molar-refractivity contribution in [1.29, 1.82) is 0 Å². The van der Waals surface area contributed by atoms with Crippen molar-refractivity contribution in [3.63, 3.8) is 0 Å². The lowest BCUT2D eigenvalue weighted by molar-refractivity contribution is -0.132. The first-order valence-electron chi connectivity index (χ1n) is 11.4. The number of hydrogen-bond acceptors (Lipinski definition) is 6. The van der Waals surface area contributed by atoms with Crippen molar-refractivity contribution in [3.8, 4) is 11.5 Å². The van der Waals surface area contributed by atoms with E-state index in [-0.39, 0.29) is 11.3 Å². The number of para-hydroxylation sites is 2. The molecule has 1 amide bonds. The van der Waals surface area contributed by atoms with Gasteiger partial charge in [0.25, 0.3) is 11.7 Å². The molecule has 1 saturated heterocycles. The van der Waals surface area contributed by atoms with E-state index >= 15 is 0 Å². The lowest BCUT2D eigenvalue weighted by atomic mass is 9.94. The summed E-state index contributed by atoms with van der Waals surface area (Å²) < 4.78 is 11.2. The largest absolute Gasteiger partial charge is 0.507 e. The van der Waals surface area contributed by atoms with Gasteiger partial charge in [-0.1, -0.05) is 42.0 Å². The molecule has 1 unspecified atom stereocenters. The average molecular weight is 471 g/mol. The van der Waals surface area contributed by atoms with Gasteiger partial charge >= 0.3 is 0 Å². The number of Topliss-reactive ketones (excluding diaryl/α,β-unsaturated/α-hetero) is 1. The summed E-state index contributed by atoms with van der Waals surface area (Å²) in [5, 5.41) is 11.5. The SMILES string of the molecule is COc1ccccc1N1C(=O)C(=O)/C(=C(\O)c2ccc3c(c2)N(C)CCO3)C1c1cccc(C)c1. The van der Waals surface area contributed by atoms with E-state index in [1.807, 2.05) is 43.1 Å². The fourth-order valence-corrected chi connectivity index (χ4v) is 4.72. The van der Waals surface area contributed by atoms with Crippen LogP contribution in [-0.4, -0.2) is 44.1 Å². The van der Waals surface area contributed by atoms with Crippen LogP contribution >= 0.6 is 0 Å². The fourth-order valence-electron chi connectivity index (χ4n) is 4.72. The van der Waals surface area contributed by atoms with E-state index < -0.39 is 17.7 Å².